The van der Waals surface area contributed by atoms with Crippen molar-refractivity contribution in [2.45, 2.75) is 19.9 Å². The van der Waals surface area contributed by atoms with Gasteiger partial charge in [-0.05, 0) is 18.7 Å². The summed E-state index contributed by atoms with van der Waals surface area (Å²) in [6, 6.07) is 13.4. The molecule has 3 rings (SSSR count). The monoisotopic (exact) mass is 423 g/mol. The van der Waals surface area contributed by atoms with Gasteiger partial charge in [-0.15, -0.1) is 0 Å². The van der Waals surface area contributed by atoms with Crippen LogP contribution in [0.5, 0.6) is 0 Å². The summed E-state index contributed by atoms with van der Waals surface area (Å²) in [5.41, 5.74) is 0.605. The third-order valence-electron chi connectivity index (χ3n) is 5.54. The predicted molar refractivity (Wildman–Crippen MR) is 116 cm³/mol. The molecule has 0 saturated carbocycles. The van der Waals surface area contributed by atoms with E-state index in [1.165, 1.54) is 23.1 Å². The van der Waals surface area contributed by atoms with E-state index in [2.05, 4.69) is 4.90 Å². The fraction of sp³-hybridized carbons (Fsp3) is 0.304. The van der Waals surface area contributed by atoms with E-state index in [-0.39, 0.29) is 23.6 Å². The first-order valence-corrected chi connectivity index (χ1v) is 10.2. The van der Waals surface area contributed by atoms with Crippen LogP contribution >= 0.6 is 0 Å². The second kappa shape index (κ2) is 9.53. The molecular formula is C23H25N3O5. The molecule has 2 aromatic rings. The minimum absolute atomic E-state index is 0.0590. The number of ketones is 1. The number of nitro benzene ring substituents is 1. The molecule has 1 N–H and O–H groups in total. The van der Waals surface area contributed by atoms with Gasteiger partial charge in [0.05, 0.1) is 16.5 Å². The van der Waals surface area contributed by atoms with Gasteiger partial charge in [0, 0.05) is 30.8 Å². The average molecular weight is 423 g/mol. The van der Waals surface area contributed by atoms with Crippen LogP contribution in [0, 0.1) is 10.1 Å². The van der Waals surface area contributed by atoms with Crippen LogP contribution < -0.4 is 0 Å². The van der Waals surface area contributed by atoms with Crippen LogP contribution in [0.2, 0.25) is 0 Å². The van der Waals surface area contributed by atoms with Crippen molar-refractivity contribution >= 4 is 23.1 Å². The first-order valence-electron chi connectivity index (χ1n) is 10.2. The molecule has 1 fully saturated rings. The standard InChI is InChI=1S/C23H25N3O5/c1-3-24(4-2)13-14-25-20(17-11-8-12-18(15-17)26(30)31)19(22(28)23(25)29)21(27)16-9-6-5-7-10-16/h5-12,15,20,27H,3-4,13-14H2,1-2H3/b21-19+. The van der Waals surface area contributed by atoms with Gasteiger partial charge in [0.2, 0.25) is 0 Å². The maximum atomic E-state index is 13.0. The van der Waals surface area contributed by atoms with Crippen molar-refractivity contribution in [1.29, 1.82) is 0 Å². The topological polar surface area (TPSA) is 104 Å². The number of carbonyl (C=O) groups excluding carboxylic acids is 2. The Bertz CT molecular complexity index is 1010. The summed E-state index contributed by atoms with van der Waals surface area (Å²) in [5.74, 6) is -1.81. The predicted octanol–water partition coefficient (Wildman–Crippen LogP) is 3.36. The van der Waals surface area contributed by atoms with E-state index in [1.54, 1.807) is 36.4 Å². The van der Waals surface area contributed by atoms with Gasteiger partial charge in [-0.25, -0.2) is 0 Å². The van der Waals surface area contributed by atoms with Crippen LogP contribution in [-0.4, -0.2) is 57.7 Å². The third-order valence-corrected chi connectivity index (χ3v) is 5.54. The number of amides is 1. The van der Waals surface area contributed by atoms with Gasteiger partial charge in [0.15, 0.2) is 0 Å². The lowest BCUT2D eigenvalue weighted by Gasteiger charge is -2.28. The Balaban J connectivity index is 2.13. The number of likely N-dealkylation sites (tertiary alicyclic amines) is 1. The molecule has 1 aliphatic heterocycles. The number of Topliss-reactive ketones (excluding diaryl/α,β-unsaturated/α-hetero) is 1. The molecule has 0 radical (unpaired) electrons. The first-order chi connectivity index (χ1) is 14.9. The van der Waals surface area contributed by atoms with Gasteiger partial charge in [-0.1, -0.05) is 56.3 Å². The fourth-order valence-electron chi connectivity index (χ4n) is 3.81. The number of hydrogen-bond donors (Lipinski definition) is 1. The number of benzene rings is 2. The minimum atomic E-state index is -0.907. The van der Waals surface area contributed by atoms with Crippen LogP contribution in [-0.2, 0) is 9.59 Å². The molecule has 1 unspecified atom stereocenters. The van der Waals surface area contributed by atoms with Crippen molar-refractivity contribution in [3.8, 4) is 0 Å². The van der Waals surface area contributed by atoms with Gasteiger partial charge in [-0.2, -0.15) is 0 Å². The van der Waals surface area contributed by atoms with Gasteiger partial charge in [-0.3, -0.25) is 19.7 Å². The molecule has 1 saturated heterocycles. The van der Waals surface area contributed by atoms with Crippen LogP contribution in [0.1, 0.15) is 31.0 Å². The van der Waals surface area contributed by atoms with Gasteiger partial charge in [0.1, 0.15) is 5.76 Å². The fourth-order valence-corrected chi connectivity index (χ4v) is 3.81. The zero-order valence-corrected chi connectivity index (χ0v) is 17.5. The van der Waals surface area contributed by atoms with Crippen molar-refractivity contribution in [2.75, 3.05) is 26.2 Å². The Morgan fingerprint density at radius 1 is 1.10 bits per heavy atom. The first kappa shape index (κ1) is 22.2. The van der Waals surface area contributed by atoms with E-state index in [1.807, 2.05) is 13.8 Å². The summed E-state index contributed by atoms with van der Waals surface area (Å²) in [6.07, 6.45) is 0. The molecule has 0 bridgehead atoms. The highest BCUT2D eigenvalue weighted by molar-refractivity contribution is 6.46. The molecule has 8 nitrogen and oxygen atoms in total. The van der Waals surface area contributed by atoms with E-state index < -0.39 is 22.7 Å². The van der Waals surface area contributed by atoms with Crippen LogP contribution in [0.25, 0.3) is 5.76 Å². The molecule has 1 aliphatic rings. The lowest BCUT2D eigenvalue weighted by atomic mass is 9.95. The summed E-state index contributed by atoms with van der Waals surface area (Å²) in [5, 5.41) is 22.2. The summed E-state index contributed by atoms with van der Waals surface area (Å²) in [6.45, 7) is 6.37. The van der Waals surface area contributed by atoms with Crippen molar-refractivity contribution in [2.24, 2.45) is 0 Å². The Morgan fingerprint density at radius 2 is 1.77 bits per heavy atom. The minimum Gasteiger partial charge on any atom is -0.507 e. The largest absolute Gasteiger partial charge is 0.507 e. The Labute approximate surface area is 180 Å². The van der Waals surface area contributed by atoms with Crippen molar-refractivity contribution in [3.05, 3.63) is 81.4 Å². The number of rotatable bonds is 8. The second-order valence-corrected chi connectivity index (χ2v) is 7.24. The number of non-ortho nitro benzene ring substituents is 1. The maximum absolute atomic E-state index is 13.0. The summed E-state index contributed by atoms with van der Waals surface area (Å²) in [4.78, 5) is 40.2. The normalized spacial score (nSPS) is 18.0. The highest BCUT2D eigenvalue weighted by Crippen LogP contribution is 2.40. The average Bonchev–Trinajstić information content (AvgIpc) is 3.05. The maximum Gasteiger partial charge on any atom is 0.295 e. The summed E-state index contributed by atoms with van der Waals surface area (Å²) in [7, 11) is 0. The Hall–Kier alpha value is -3.52. The zero-order valence-electron chi connectivity index (χ0n) is 17.5. The third kappa shape index (κ3) is 4.49. The smallest absolute Gasteiger partial charge is 0.295 e. The van der Waals surface area contributed by atoms with Gasteiger partial charge >= 0.3 is 0 Å². The van der Waals surface area contributed by atoms with Crippen molar-refractivity contribution < 1.29 is 19.6 Å². The van der Waals surface area contributed by atoms with Gasteiger partial charge in [0.25, 0.3) is 17.4 Å². The zero-order chi connectivity index (χ0) is 22.5. The van der Waals surface area contributed by atoms with E-state index in [9.17, 15) is 24.8 Å². The highest BCUT2D eigenvalue weighted by Gasteiger charge is 2.46. The SMILES string of the molecule is CCN(CC)CCN1C(=O)C(=O)/C(=C(/O)c2ccccc2)C1c1cccc([N+](=O)[O-])c1. The quantitative estimate of drug-likeness (QED) is 0.230. The number of likely N-dealkylation sites (N-methyl/N-ethyl adjacent to an activating group) is 1. The Kier molecular flexibility index (Phi) is 6.81. The van der Waals surface area contributed by atoms with Gasteiger partial charge < -0.3 is 14.9 Å². The Morgan fingerprint density at radius 3 is 2.39 bits per heavy atom. The molecule has 0 aromatic heterocycles. The van der Waals surface area contributed by atoms with Crippen LogP contribution in [0.4, 0.5) is 5.69 Å². The number of nitro groups is 1. The molecule has 0 spiro atoms. The van der Waals surface area contributed by atoms with Crippen LogP contribution in [0.15, 0.2) is 60.2 Å². The van der Waals surface area contributed by atoms with Crippen molar-refractivity contribution in [3.63, 3.8) is 0 Å². The molecule has 1 heterocycles. The summed E-state index contributed by atoms with van der Waals surface area (Å²) < 4.78 is 0. The molecule has 0 aliphatic carbocycles. The van der Waals surface area contributed by atoms with Crippen molar-refractivity contribution in [1.82, 2.24) is 9.80 Å². The lowest BCUT2D eigenvalue weighted by molar-refractivity contribution is -0.384. The molecular weight excluding hydrogens is 398 g/mol. The van der Waals surface area contributed by atoms with E-state index >= 15 is 0 Å². The second-order valence-electron chi connectivity index (χ2n) is 7.24. The van der Waals surface area contributed by atoms with E-state index in [0.717, 1.165) is 13.1 Å². The number of aliphatic hydroxyl groups is 1. The number of nitrogens with zero attached hydrogens (tertiary/aromatic N) is 3. The molecule has 1 amide bonds. The number of aliphatic hydroxyl groups excluding tert-OH is 1. The van der Waals surface area contributed by atoms with E-state index in [4.69, 9.17) is 0 Å². The van der Waals surface area contributed by atoms with E-state index in [0.29, 0.717) is 17.7 Å². The molecule has 2 aromatic carbocycles. The molecule has 1 atom stereocenters. The number of hydrogen-bond acceptors (Lipinski definition) is 6. The summed E-state index contributed by atoms with van der Waals surface area (Å²) >= 11 is 0. The lowest BCUT2D eigenvalue weighted by Crippen LogP contribution is -2.38. The highest BCUT2D eigenvalue weighted by atomic mass is 16.6. The molecule has 31 heavy (non-hydrogen) atoms. The number of carbonyl (C=O) groups is 2. The molecule has 162 valence electrons. The molecule has 8 heteroatoms. The van der Waals surface area contributed by atoms with Crippen LogP contribution in [0.3, 0.4) is 0 Å².